The molecule has 0 atom stereocenters. The summed E-state index contributed by atoms with van der Waals surface area (Å²) in [7, 11) is 0. The maximum Gasteiger partial charge on any atom is 0.192 e. The first-order chi connectivity index (χ1) is 2.89. The van der Waals surface area contributed by atoms with E-state index in [1.165, 1.54) is 0 Å². The highest BCUT2D eigenvalue weighted by Crippen LogP contribution is 1.94. The van der Waals surface area contributed by atoms with Gasteiger partial charge in [0, 0.05) is 6.21 Å². The van der Waals surface area contributed by atoms with Crippen molar-refractivity contribution in [1.82, 2.24) is 0 Å². The molecule has 1 rings (SSSR count). The Morgan fingerprint density at radius 3 is 2.83 bits per heavy atom. The van der Waals surface area contributed by atoms with Crippen LogP contribution in [0.1, 0.15) is 0 Å². The first-order valence-electron chi connectivity index (χ1n) is 1.62. The van der Waals surface area contributed by atoms with E-state index >= 15 is 0 Å². The van der Waals surface area contributed by atoms with Gasteiger partial charge in [-0.25, -0.2) is 4.99 Å². The number of nitrogens with zero attached hydrogens (tertiary/aromatic N) is 2. The van der Waals surface area contributed by atoms with Crippen molar-refractivity contribution < 1.29 is 0 Å². The Balaban J connectivity index is 2.68. The Labute approximate surface area is 44.1 Å². The summed E-state index contributed by atoms with van der Waals surface area (Å²) in [6, 6.07) is 0. The Bertz CT molecular complexity index is 103. The van der Waals surface area contributed by atoms with Crippen molar-refractivity contribution in [3.8, 4) is 0 Å². The molecule has 0 bridgehead atoms. The zero-order valence-corrected chi connectivity index (χ0v) is 4.64. The Morgan fingerprint density at radius 1 is 1.83 bits per heavy atom. The fourth-order valence-electron chi connectivity index (χ4n) is 0.273. The minimum atomic E-state index is 0.711. The summed E-state index contributed by atoms with van der Waals surface area (Å²) in [5.41, 5.74) is 0. The number of halogens is 1. The molecule has 1 aliphatic rings. The SMILES string of the molecule is BrC1=NCC=N1. The van der Waals surface area contributed by atoms with E-state index in [2.05, 4.69) is 25.9 Å². The lowest BCUT2D eigenvalue weighted by Gasteiger charge is -1.68. The van der Waals surface area contributed by atoms with E-state index < -0.39 is 0 Å². The second kappa shape index (κ2) is 1.51. The minimum Gasteiger partial charge on any atom is -0.255 e. The molecule has 0 aromatic carbocycles. The van der Waals surface area contributed by atoms with Crippen LogP contribution < -0.4 is 0 Å². The first kappa shape index (κ1) is 3.99. The normalized spacial score (nSPS) is 18.5. The van der Waals surface area contributed by atoms with E-state index in [0.29, 0.717) is 4.74 Å². The molecule has 1 aliphatic heterocycles. The minimum absolute atomic E-state index is 0.711. The first-order valence-corrected chi connectivity index (χ1v) is 2.41. The average molecular weight is 147 g/mol. The van der Waals surface area contributed by atoms with E-state index in [-0.39, 0.29) is 0 Å². The van der Waals surface area contributed by atoms with Gasteiger partial charge in [0.15, 0.2) is 4.74 Å². The molecule has 0 fully saturated rings. The van der Waals surface area contributed by atoms with E-state index in [4.69, 9.17) is 0 Å². The predicted molar refractivity (Wildman–Crippen MR) is 29.7 cm³/mol. The van der Waals surface area contributed by atoms with Crippen molar-refractivity contribution in [2.45, 2.75) is 0 Å². The highest BCUT2D eigenvalue weighted by atomic mass is 79.9. The van der Waals surface area contributed by atoms with E-state index in [1.807, 2.05) is 0 Å². The van der Waals surface area contributed by atoms with Crippen LogP contribution in [0.25, 0.3) is 0 Å². The number of hydrogen-bond acceptors (Lipinski definition) is 2. The maximum absolute atomic E-state index is 3.85. The molecule has 1 heterocycles. The van der Waals surface area contributed by atoms with Crippen molar-refractivity contribution in [3.63, 3.8) is 0 Å². The molecule has 6 heavy (non-hydrogen) atoms. The maximum atomic E-state index is 3.85. The van der Waals surface area contributed by atoms with Gasteiger partial charge in [-0.2, -0.15) is 0 Å². The average Bonchev–Trinajstić information content (AvgIpc) is 1.86. The van der Waals surface area contributed by atoms with Crippen molar-refractivity contribution in [3.05, 3.63) is 0 Å². The third-order valence-corrected chi connectivity index (χ3v) is 0.957. The van der Waals surface area contributed by atoms with Crippen LogP contribution in [-0.2, 0) is 0 Å². The second-order valence-corrected chi connectivity index (χ2v) is 1.63. The van der Waals surface area contributed by atoms with Crippen LogP contribution in [0.2, 0.25) is 0 Å². The quantitative estimate of drug-likeness (QED) is 0.453. The predicted octanol–water partition coefficient (Wildman–Crippen LogP) is 0.822. The van der Waals surface area contributed by atoms with Crippen LogP contribution in [-0.4, -0.2) is 17.5 Å². The molecule has 0 unspecified atom stereocenters. The lowest BCUT2D eigenvalue weighted by atomic mass is 10.8. The number of amidine groups is 1. The van der Waals surface area contributed by atoms with Gasteiger partial charge in [-0.05, 0) is 15.9 Å². The molecule has 0 amide bonds. The van der Waals surface area contributed by atoms with Gasteiger partial charge in [0.05, 0.1) is 6.54 Å². The molecule has 0 saturated carbocycles. The van der Waals surface area contributed by atoms with Crippen LogP contribution in [0, 0.1) is 0 Å². The van der Waals surface area contributed by atoms with E-state index in [0.717, 1.165) is 6.54 Å². The van der Waals surface area contributed by atoms with E-state index in [9.17, 15) is 0 Å². The Kier molecular flexibility index (Phi) is 1.01. The summed E-state index contributed by atoms with van der Waals surface area (Å²) >= 11 is 3.09. The van der Waals surface area contributed by atoms with Gasteiger partial charge < -0.3 is 0 Å². The van der Waals surface area contributed by atoms with Crippen LogP contribution in [0.3, 0.4) is 0 Å². The third kappa shape index (κ3) is 0.653. The summed E-state index contributed by atoms with van der Waals surface area (Å²) in [4.78, 5) is 7.62. The topological polar surface area (TPSA) is 24.7 Å². The zero-order chi connectivity index (χ0) is 4.41. The fraction of sp³-hybridized carbons (Fsp3) is 0.333. The van der Waals surface area contributed by atoms with Crippen LogP contribution in [0.5, 0.6) is 0 Å². The Morgan fingerprint density at radius 2 is 2.67 bits per heavy atom. The molecule has 3 heteroatoms. The summed E-state index contributed by atoms with van der Waals surface area (Å²) in [5, 5.41) is 0. The summed E-state index contributed by atoms with van der Waals surface area (Å²) in [6.45, 7) is 0.737. The number of aliphatic imine (C=N–C) groups is 2. The molecular formula is C3H3BrN2. The largest absolute Gasteiger partial charge is 0.255 e. The van der Waals surface area contributed by atoms with Crippen molar-refractivity contribution in [2.75, 3.05) is 6.54 Å². The van der Waals surface area contributed by atoms with Gasteiger partial charge in [0.25, 0.3) is 0 Å². The number of rotatable bonds is 0. The van der Waals surface area contributed by atoms with Crippen molar-refractivity contribution in [2.24, 2.45) is 9.98 Å². The lowest BCUT2D eigenvalue weighted by Crippen LogP contribution is -1.67. The van der Waals surface area contributed by atoms with Crippen molar-refractivity contribution in [1.29, 1.82) is 0 Å². The van der Waals surface area contributed by atoms with Gasteiger partial charge >= 0.3 is 0 Å². The molecule has 2 nitrogen and oxygen atoms in total. The molecule has 0 aliphatic carbocycles. The molecule has 0 N–H and O–H groups in total. The highest BCUT2D eigenvalue weighted by Gasteiger charge is 1.89. The second-order valence-electron chi connectivity index (χ2n) is 0.921. The van der Waals surface area contributed by atoms with Gasteiger partial charge in [0.2, 0.25) is 0 Å². The van der Waals surface area contributed by atoms with Gasteiger partial charge in [-0.3, -0.25) is 4.99 Å². The monoisotopic (exact) mass is 146 g/mol. The lowest BCUT2D eigenvalue weighted by molar-refractivity contribution is 1.38. The highest BCUT2D eigenvalue weighted by molar-refractivity contribution is 9.18. The van der Waals surface area contributed by atoms with Gasteiger partial charge in [-0.15, -0.1) is 0 Å². The molecule has 0 aromatic rings. The summed E-state index contributed by atoms with van der Waals surface area (Å²) in [6.07, 6.45) is 1.75. The van der Waals surface area contributed by atoms with Crippen molar-refractivity contribution >= 4 is 26.9 Å². The molecular weight excluding hydrogens is 144 g/mol. The smallest absolute Gasteiger partial charge is 0.192 e. The fourth-order valence-corrected chi connectivity index (χ4v) is 0.563. The van der Waals surface area contributed by atoms with Gasteiger partial charge in [-0.1, -0.05) is 0 Å². The van der Waals surface area contributed by atoms with E-state index in [1.54, 1.807) is 6.21 Å². The van der Waals surface area contributed by atoms with Crippen LogP contribution >= 0.6 is 15.9 Å². The molecule has 0 saturated heterocycles. The number of hydrogen-bond donors (Lipinski definition) is 0. The molecule has 32 valence electrons. The standard InChI is InChI=1S/C3H3BrN2/c4-3-5-1-2-6-3/h1H,2H2. The third-order valence-electron chi connectivity index (χ3n) is 0.501. The van der Waals surface area contributed by atoms with Crippen LogP contribution in [0.4, 0.5) is 0 Å². The summed E-state index contributed by atoms with van der Waals surface area (Å²) in [5.74, 6) is 0. The Hall–Kier alpha value is -0.180. The van der Waals surface area contributed by atoms with Crippen LogP contribution in [0.15, 0.2) is 9.98 Å². The molecule has 0 spiro atoms. The molecule has 0 aromatic heterocycles. The molecule has 0 radical (unpaired) electrons. The summed E-state index contributed by atoms with van der Waals surface area (Å²) < 4.78 is 0.711. The zero-order valence-electron chi connectivity index (χ0n) is 3.06. The van der Waals surface area contributed by atoms with Gasteiger partial charge in [0.1, 0.15) is 0 Å².